The Morgan fingerprint density at radius 1 is 1.13 bits per heavy atom. The maximum Gasteiger partial charge on any atom is 0.157 e. The van der Waals surface area contributed by atoms with Gasteiger partial charge in [-0.15, -0.1) is 0 Å². The maximum atomic E-state index is 9.04. The Balaban J connectivity index is 0.000000423. The van der Waals surface area contributed by atoms with Gasteiger partial charge in [0.1, 0.15) is 0 Å². The van der Waals surface area contributed by atoms with Gasteiger partial charge in [0.15, 0.2) is 11.5 Å². The normalized spacial score (nSPS) is 9.67. The average molecular weight is 230 g/mol. The van der Waals surface area contributed by atoms with E-state index in [1.165, 1.54) is 12.1 Å². The van der Waals surface area contributed by atoms with E-state index < -0.39 is 0 Å². The van der Waals surface area contributed by atoms with Crippen LogP contribution >= 0.6 is 0 Å². The van der Waals surface area contributed by atoms with Crippen LogP contribution in [-0.4, -0.2) is 35.5 Å². The third kappa shape index (κ3) is 7.11. The van der Waals surface area contributed by atoms with Crippen LogP contribution in [0.25, 0.3) is 0 Å². The van der Waals surface area contributed by atoms with E-state index in [2.05, 4.69) is 18.8 Å². The van der Waals surface area contributed by atoms with Crippen LogP contribution in [-0.2, 0) is 17.3 Å². The molecule has 0 aromatic heterocycles. The Morgan fingerprint density at radius 2 is 1.67 bits per heavy atom. The second kappa shape index (κ2) is 7.43. The Bertz CT molecular complexity index is 287. The van der Waals surface area contributed by atoms with Crippen molar-refractivity contribution >= 4 is 10.9 Å². The lowest BCUT2D eigenvalue weighted by atomic mass is 10.1. The molecule has 0 saturated heterocycles. The molecule has 0 amide bonds. The molecule has 0 aliphatic rings. The minimum Gasteiger partial charge on any atom is -0.504 e. The topological polar surface area (TPSA) is 66.5 Å². The van der Waals surface area contributed by atoms with Crippen molar-refractivity contribution in [3.8, 4) is 11.5 Å². The number of phenols is 2. The highest BCUT2D eigenvalue weighted by atomic mass is 32.2. The van der Waals surface area contributed by atoms with Gasteiger partial charge in [0.2, 0.25) is 0 Å². The van der Waals surface area contributed by atoms with E-state index in [9.17, 15) is 0 Å². The first-order valence-corrected chi connectivity index (χ1v) is 7.12. The highest BCUT2D eigenvalue weighted by Gasteiger charge is 1.98. The van der Waals surface area contributed by atoms with E-state index in [1.807, 2.05) is 0 Å². The van der Waals surface area contributed by atoms with Crippen molar-refractivity contribution < 1.29 is 10.2 Å². The Hall–Kier alpha value is -0.870. The summed E-state index contributed by atoms with van der Waals surface area (Å²) < 4.78 is 0. The first kappa shape index (κ1) is 14.1. The molecule has 0 unspecified atom stereocenters. The van der Waals surface area contributed by atoms with Crippen LogP contribution in [0.15, 0.2) is 18.2 Å². The molecule has 1 rings (SSSR count). The summed E-state index contributed by atoms with van der Waals surface area (Å²) in [5.41, 5.74) is 6.24. The third-order valence-electron chi connectivity index (χ3n) is 1.47. The molecule has 0 saturated carbocycles. The molecule has 0 heterocycles. The molecular formula is C11H20NO2S+. The van der Waals surface area contributed by atoms with Crippen LogP contribution in [0.2, 0.25) is 0 Å². The monoisotopic (exact) mass is 230 g/mol. The summed E-state index contributed by atoms with van der Waals surface area (Å²) in [6.45, 7) is 0.546. The molecule has 1 aromatic carbocycles. The highest BCUT2D eigenvalue weighted by molar-refractivity contribution is 7.94. The fraction of sp³-hybridized carbons (Fsp3) is 0.455. The summed E-state index contributed by atoms with van der Waals surface area (Å²) in [5, 5.41) is 18.0. The first-order chi connectivity index (χ1) is 6.97. The van der Waals surface area contributed by atoms with Crippen molar-refractivity contribution in [2.75, 3.05) is 25.3 Å². The molecule has 0 aliphatic heterocycles. The second-order valence-corrected chi connectivity index (χ2v) is 6.04. The summed E-state index contributed by atoms with van der Waals surface area (Å²) in [5.74, 6) is -0.179. The summed E-state index contributed by atoms with van der Waals surface area (Å²) in [6.07, 6.45) is 7.30. The van der Waals surface area contributed by atoms with Gasteiger partial charge in [0, 0.05) is 0 Å². The molecular weight excluding hydrogens is 210 g/mol. The molecule has 4 heteroatoms. The van der Waals surface area contributed by atoms with Crippen LogP contribution in [0, 0.1) is 0 Å². The largest absolute Gasteiger partial charge is 0.504 e. The summed E-state index contributed by atoms with van der Waals surface area (Å²) in [7, 11) is 0.639. The number of benzene rings is 1. The minimum atomic E-state index is -0.0919. The van der Waals surface area contributed by atoms with Gasteiger partial charge < -0.3 is 15.9 Å². The standard InChI is InChI=1S/C8H11NO2.C3H9S/c9-4-3-6-1-2-7(10)8(11)5-6;1-4(2)3/h1-2,5,10-11H,3-4,9H2;1-3H3/q;+1. The van der Waals surface area contributed by atoms with Crippen molar-refractivity contribution in [3.05, 3.63) is 23.8 Å². The fourth-order valence-corrected chi connectivity index (χ4v) is 0.891. The van der Waals surface area contributed by atoms with Crippen molar-refractivity contribution in [1.82, 2.24) is 0 Å². The van der Waals surface area contributed by atoms with E-state index in [1.54, 1.807) is 6.07 Å². The molecule has 86 valence electrons. The molecule has 0 atom stereocenters. The highest BCUT2D eigenvalue weighted by Crippen LogP contribution is 2.24. The Labute approximate surface area is 94.3 Å². The minimum absolute atomic E-state index is 0.0871. The van der Waals surface area contributed by atoms with Crippen molar-refractivity contribution in [2.24, 2.45) is 5.73 Å². The predicted octanol–water partition coefficient (Wildman–Crippen LogP) is 1.09. The van der Waals surface area contributed by atoms with E-state index in [-0.39, 0.29) is 11.5 Å². The van der Waals surface area contributed by atoms with Crippen LogP contribution in [0.3, 0.4) is 0 Å². The smallest absolute Gasteiger partial charge is 0.157 e. The number of aromatic hydroxyl groups is 2. The van der Waals surface area contributed by atoms with Crippen LogP contribution in [0.1, 0.15) is 5.56 Å². The zero-order valence-corrected chi connectivity index (χ0v) is 10.3. The molecule has 1 aromatic rings. The number of hydrogen-bond donors (Lipinski definition) is 3. The lowest BCUT2D eigenvalue weighted by Gasteiger charge is -2.00. The van der Waals surface area contributed by atoms with Gasteiger partial charge in [-0.05, 0) is 41.6 Å². The van der Waals surface area contributed by atoms with Gasteiger partial charge in [-0.3, -0.25) is 0 Å². The molecule has 3 nitrogen and oxygen atoms in total. The van der Waals surface area contributed by atoms with Crippen molar-refractivity contribution in [3.63, 3.8) is 0 Å². The van der Waals surface area contributed by atoms with Crippen molar-refractivity contribution in [1.29, 1.82) is 0 Å². The SMILES string of the molecule is C[S+](C)C.NCCc1ccc(O)c(O)c1. The average Bonchev–Trinajstić information content (AvgIpc) is 2.11. The molecule has 0 spiro atoms. The first-order valence-electron chi connectivity index (χ1n) is 4.67. The molecule has 15 heavy (non-hydrogen) atoms. The van der Waals surface area contributed by atoms with Gasteiger partial charge in [0.05, 0.1) is 18.8 Å². The number of phenolic OH excluding ortho intramolecular Hbond substituents is 2. The molecule has 4 N–H and O–H groups in total. The fourth-order valence-electron chi connectivity index (χ4n) is 0.891. The Kier molecular flexibility index (Phi) is 6.99. The van der Waals surface area contributed by atoms with Crippen molar-refractivity contribution in [2.45, 2.75) is 6.42 Å². The van der Waals surface area contributed by atoms with Crippen LogP contribution < -0.4 is 5.73 Å². The molecule has 0 fully saturated rings. The summed E-state index contributed by atoms with van der Waals surface area (Å²) in [4.78, 5) is 0. The zero-order chi connectivity index (χ0) is 11.8. The number of nitrogens with two attached hydrogens (primary N) is 1. The Morgan fingerprint density at radius 3 is 2.07 bits per heavy atom. The van der Waals surface area contributed by atoms with E-state index in [4.69, 9.17) is 15.9 Å². The van der Waals surface area contributed by atoms with Gasteiger partial charge in [-0.2, -0.15) is 0 Å². The molecule has 0 bridgehead atoms. The van der Waals surface area contributed by atoms with E-state index >= 15 is 0 Å². The zero-order valence-electron chi connectivity index (χ0n) is 9.53. The molecule has 0 aliphatic carbocycles. The summed E-state index contributed by atoms with van der Waals surface area (Å²) >= 11 is 0. The van der Waals surface area contributed by atoms with Gasteiger partial charge in [-0.1, -0.05) is 6.07 Å². The predicted molar refractivity (Wildman–Crippen MR) is 67.7 cm³/mol. The van der Waals surface area contributed by atoms with E-state index in [0.717, 1.165) is 5.56 Å². The third-order valence-corrected chi connectivity index (χ3v) is 1.47. The molecule has 0 radical (unpaired) electrons. The maximum absolute atomic E-state index is 9.04. The lowest BCUT2D eigenvalue weighted by Crippen LogP contribution is -2.02. The van der Waals surface area contributed by atoms with Crippen LogP contribution in [0.4, 0.5) is 0 Å². The number of rotatable bonds is 2. The van der Waals surface area contributed by atoms with Gasteiger partial charge in [-0.25, -0.2) is 0 Å². The van der Waals surface area contributed by atoms with Gasteiger partial charge in [0.25, 0.3) is 0 Å². The van der Waals surface area contributed by atoms with Gasteiger partial charge >= 0.3 is 0 Å². The summed E-state index contributed by atoms with van der Waals surface area (Å²) in [6, 6.07) is 4.71. The van der Waals surface area contributed by atoms with E-state index in [0.29, 0.717) is 23.9 Å². The van der Waals surface area contributed by atoms with Crippen LogP contribution in [0.5, 0.6) is 11.5 Å². The number of hydrogen-bond acceptors (Lipinski definition) is 3. The lowest BCUT2D eigenvalue weighted by molar-refractivity contribution is 0.403. The second-order valence-electron chi connectivity index (χ2n) is 3.59. The quantitative estimate of drug-likeness (QED) is 0.526.